The molecule has 0 spiro atoms. The minimum absolute atomic E-state index is 0.248. The van der Waals surface area contributed by atoms with Crippen LogP contribution in [-0.4, -0.2) is 34.9 Å². The monoisotopic (exact) mass is 318 g/mol. The van der Waals surface area contributed by atoms with Crippen LogP contribution in [0.3, 0.4) is 0 Å². The summed E-state index contributed by atoms with van der Waals surface area (Å²) in [6.07, 6.45) is 0.700. The van der Waals surface area contributed by atoms with Gasteiger partial charge in [-0.1, -0.05) is 32.2 Å². The van der Waals surface area contributed by atoms with Crippen molar-refractivity contribution in [2.45, 2.75) is 50.4 Å². The lowest BCUT2D eigenvalue weighted by Crippen LogP contribution is -2.37. The standard InChI is InChI=1S/C18H22O5/c1-5-16(19)22-14-7-13-9(2)6-15-12(10(3)17(20)23-15)8-18(13,21)11(14)4/h12-15,21H,2-8H2,1H3. The molecule has 3 fully saturated rings. The van der Waals surface area contributed by atoms with E-state index < -0.39 is 17.7 Å². The summed E-state index contributed by atoms with van der Waals surface area (Å²) >= 11 is 0. The van der Waals surface area contributed by atoms with E-state index in [-0.39, 0.29) is 30.3 Å². The van der Waals surface area contributed by atoms with Crippen LogP contribution in [0.25, 0.3) is 0 Å². The highest BCUT2D eigenvalue weighted by atomic mass is 16.6. The van der Waals surface area contributed by atoms with E-state index in [1.807, 2.05) is 0 Å². The van der Waals surface area contributed by atoms with Crippen molar-refractivity contribution in [3.63, 3.8) is 0 Å². The van der Waals surface area contributed by atoms with Gasteiger partial charge in [-0.25, -0.2) is 4.79 Å². The molecule has 2 aliphatic carbocycles. The average molecular weight is 318 g/mol. The highest BCUT2D eigenvalue weighted by molar-refractivity contribution is 5.91. The Morgan fingerprint density at radius 1 is 1.43 bits per heavy atom. The van der Waals surface area contributed by atoms with E-state index in [1.165, 1.54) is 0 Å². The number of rotatable bonds is 2. The highest BCUT2D eigenvalue weighted by Crippen LogP contribution is 2.54. The smallest absolute Gasteiger partial charge is 0.334 e. The Kier molecular flexibility index (Phi) is 3.71. The molecule has 5 nitrogen and oxygen atoms in total. The minimum atomic E-state index is -1.24. The normalized spacial score (nSPS) is 39.6. The first-order valence-corrected chi connectivity index (χ1v) is 7.96. The predicted octanol–water partition coefficient (Wildman–Crippen LogP) is 2.06. The van der Waals surface area contributed by atoms with E-state index in [0.717, 1.165) is 5.57 Å². The van der Waals surface area contributed by atoms with Crippen molar-refractivity contribution >= 4 is 11.9 Å². The van der Waals surface area contributed by atoms with E-state index in [9.17, 15) is 14.7 Å². The number of ether oxygens (including phenoxy) is 2. The number of esters is 2. The van der Waals surface area contributed by atoms with Gasteiger partial charge in [0.1, 0.15) is 12.2 Å². The molecule has 1 N–H and O–H groups in total. The van der Waals surface area contributed by atoms with Crippen molar-refractivity contribution in [3.05, 3.63) is 36.5 Å². The number of hydrogen-bond donors (Lipinski definition) is 1. The largest absolute Gasteiger partial charge is 0.458 e. The summed E-state index contributed by atoms with van der Waals surface area (Å²) in [5.74, 6) is -1.23. The van der Waals surface area contributed by atoms with E-state index in [2.05, 4.69) is 19.7 Å². The second kappa shape index (κ2) is 5.34. The molecule has 5 unspecified atom stereocenters. The van der Waals surface area contributed by atoms with Gasteiger partial charge in [0, 0.05) is 30.3 Å². The van der Waals surface area contributed by atoms with Gasteiger partial charge in [-0.3, -0.25) is 4.79 Å². The predicted molar refractivity (Wildman–Crippen MR) is 83.3 cm³/mol. The first-order valence-electron chi connectivity index (χ1n) is 7.96. The fourth-order valence-electron chi connectivity index (χ4n) is 4.04. The lowest BCUT2D eigenvalue weighted by molar-refractivity contribution is -0.147. The quantitative estimate of drug-likeness (QED) is 0.479. The molecule has 0 aromatic carbocycles. The number of carbonyl (C=O) groups excluding carboxylic acids is 2. The van der Waals surface area contributed by atoms with Gasteiger partial charge in [-0.15, -0.1) is 0 Å². The maximum Gasteiger partial charge on any atom is 0.334 e. The lowest BCUT2D eigenvalue weighted by atomic mass is 9.79. The summed E-state index contributed by atoms with van der Waals surface area (Å²) in [5.41, 5.74) is 0.433. The Morgan fingerprint density at radius 2 is 2.13 bits per heavy atom. The molecule has 0 amide bonds. The van der Waals surface area contributed by atoms with Crippen molar-refractivity contribution in [2.24, 2.45) is 11.8 Å². The Balaban J connectivity index is 1.90. The third kappa shape index (κ3) is 2.34. The van der Waals surface area contributed by atoms with Crippen molar-refractivity contribution in [3.8, 4) is 0 Å². The van der Waals surface area contributed by atoms with Gasteiger partial charge < -0.3 is 14.6 Å². The Bertz CT molecular complexity index is 619. The zero-order chi connectivity index (χ0) is 16.9. The van der Waals surface area contributed by atoms with E-state index in [4.69, 9.17) is 9.47 Å². The molecular weight excluding hydrogens is 296 g/mol. The Hall–Kier alpha value is -1.88. The van der Waals surface area contributed by atoms with Gasteiger partial charge in [-0.05, 0) is 18.4 Å². The number of carbonyl (C=O) groups is 2. The van der Waals surface area contributed by atoms with Crippen LogP contribution in [0.2, 0.25) is 0 Å². The third-order valence-corrected chi connectivity index (χ3v) is 5.44. The molecule has 1 saturated heterocycles. The first-order chi connectivity index (χ1) is 10.8. The van der Waals surface area contributed by atoms with E-state index >= 15 is 0 Å². The number of hydrogen-bond acceptors (Lipinski definition) is 5. The molecule has 0 aromatic heterocycles. The molecule has 124 valence electrons. The lowest BCUT2D eigenvalue weighted by Gasteiger charge is -2.31. The molecule has 0 bridgehead atoms. The maximum atomic E-state index is 11.8. The van der Waals surface area contributed by atoms with Gasteiger partial charge in [0.05, 0.1) is 5.60 Å². The molecule has 5 heteroatoms. The van der Waals surface area contributed by atoms with Gasteiger partial charge in [0.2, 0.25) is 0 Å². The molecule has 1 heterocycles. The fourth-order valence-corrected chi connectivity index (χ4v) is 4.04. The third-order valence-electron chi connectivity index (χ3n) is 5.44. The van der Waals surface area contributed by atoms with Crippen LogP contribution in [-0.2, 0) is 19.1 Å². The van der Waals surface area contributed by atoms with Crippen LogP contribution in [0.1, 0.15) is 32.6 Å². The molecule has 3 aliphatic rings. The van der Waals surface area contributed by atoms with Gasteiger partial charge in [0.15, 0.2) is 0 Å². The second-order valence-corrected chi connectivity index (χ2v) is 6.71. The van der Waals surface area contributed by atoms with Crippen molar-refractivity contribution in [1.29, 1.82) is 0 Å². The SMILES string of the molecule is C=C1C(=O)OC2CC(=C)C3CC(OC(=O)CC)C(=C)C3(O)CC12. The minimum Gasteiger partial charge on any atom is -0.458 e. The van der Waals surface area contributed by atoms with Gasteiger partial charge >= 0.3 is 11.9 Å². The number of fused-ring (bicyclic) bond motifs is 2. The van der Waals surface area contributed by atoms with Crippen LogP contribution in [0.15, 0.2) is 36.5 Å². The topological polar surface area (TPSA) is 72.8 Å². The van der Waals surface area contributed by atoms with Crippen LogP contribution < -0.4 is 0 Å². The molecule has 3 rings (SSSR count). The molecule has 23 heavy (non-hydrogen) atoms. The molecule has 0 aromatic rings. The van der Waals surface area contributed by atoms with E-state index in [1.54, 1.807) is 6.92 Å². The average Bonchev–Trinajstić information content (AvgIpc) is 2.85. The van der Waals surface area contributed by atoms with Gasteiger partial charge in [0.25, 0.3) is 0 Å². The van der Waals surface area contributed by atoms with Gasteiger partial charge in [-0.2, -0.15) is 0 Å². The fraction of sp³-hybridized carbons (Fsp3) is 0.556. The number of aliphatic hydroxyl groups is 1. The van der Waals surface area contributed by atoms with Crippen LogP contribution >= 0.6 is 0 Å². The summed E-state index contributed by atoms with van der Waals surface area (Å²) in [7, 11) is 0. The van der Waals surface area contributed by atoms with Crippen molar-refractivity contribution in [2.75, 3.05) is 0 Å². The summed E-state index contributed by atoms with van der Waals surface area (Å²) in [4.78, 5) is 23.4. The van der Waals surface area contributed by atoms with E-state index in [0.29, 0.717) is 30.4 Å². The van der Waals surface area contributed by atoms with Crippen LogP contribution in [0.5, 0.6) is 0 Å². The summed E-state index contributed by atoms with van der Waals surface area (Å²) in [6, 6.07) is 0. The highest BCUT2D eigenvalue weighted by Gasteiger charge is 2.57. The zero-order valence-electron chi connectivity index (χ0n) is 13.3. The molecule has 1 aliphatic heterocycles. The molecule has 2 saturated carbocycles. The maximum absolute atomic E-state index is 11.8. The van der Waals surface area contributed by atoms with Crippen molar-refractivity contribution < 1.29 is 24.2 Å². The Labute approximate surface area is 135 Å². The Morgan fingerprint density at radius 3 is 2.78 bits per heavy atom. The van der Waals surface area contributed by atoms with Crippen molar-refractivity contribution in [1.82, 2.24) is 0 Å². The molecule has 5 atom stereocenters. The molecular formula is C18H22O5. The molecule has 0 radical (unpaired) electrons. The second-order valence-electron chi connectivity index (χ2n) is 6.71. The first kappa shape index (κ1) is 16.0. The zero-order valence-corrected chi connectivity index (χ0v) is 13.3. The summed E-state index contributed by atoms with van der Waals surface area (Å²) in [6.45, 7) is 13.6. The summed E-state index contributed by atoms with van der Waals surface area (Å²) < 4.78 is 10.8. The van der Waals surface area contributed by atoms with Crippen LogP contribution in [0.4, 0.5) is 0 Å². The van der Waals surface area contributed by atoms with Crippen LogP contribution in [0, 0.1) is 11.8 Å². The summed E-state index contributed by atoms with van der Waals surface area (Å²) in [5, 5.41) is 11.3.